The summed E-state index contributed by atoms with van der Waals surface area (Å²) in [4.78, 5) is 0. The van der Waals surface area contributed by atoms with E-state index in [1.807, 2.05) is 6.33 Å². The molecule has 2 fully saturated rings. The van der Waals surface area contributed by atoms with Crippen molar-refractivity contribution in [3.63, 3.8) is 0 Å². The van der Waals surface area contributed by atoms with Crippen molar-refractivity contribution < 1.29 is 0 Å². The van der Waals surface area contributed by atoms with Crippen molar-refractivity contribution in [1.82, 2.24) is 29.5 Å². The molecule has 0 amide bonds. The maximum atomic E-state index is 4.30. The second kappa shape index (κ2) is 4.33. The fraction of sp³-hybridized carbons (Fsp3) is 0.667. The van der Waals surface area contributed by atoms with E-state index in [0.29, 0.717) is 12.0 Å². The van der Waals surface area contributed by atoms with Gasteiger partial charge in [0.2, 0.25) is 0 Å². The van der Waals surface area contributed by atoms with Crippen molar-refractivity contribution in [3.8, 4) is 0 Å². The summed E-state index contributed by atoms with van der Waals surface area (Å²) in [5.41, 5.74) is 0. The summed E-state index contributed by atoms with van der Waals surface area (Å²) in [6.07, 6.45) is 6.86. The van der Waals surface area contributed by atoms with Gasteiger partial charge in [-0.25, -0.2) is 0 Å². The van der Waals surface area contributed by atoms with Crippen LogP contribution in [0.25, 0.3) is 0 Å². The first-order valence-electron chi connectivity index (χ1n) is 6.73. The summed E-state index contributed by atoms with van der Waals surface area (Å²) in [6.45, 7) is 0. The highest BCUT2D eigenvalue weighted by atomic mass is 32.2. The average Bonchev–Trinajstić information content (AvgIpc) is 3.34. The zero-order chi connectivity index (χ0) is 12.8. The molecule has 0 unspecified atom stereocenters. The lowest BCUT2D eigenvalue weighted by atomic mass is 10.4. The van der Waals surface area contributed by atoms with Gasteiger partial charge in [0.25, 0.3) is 0 Å². The van der Waals surface area contributed by atoms with E-state index in [1.165, 1.54) is 25.7 Å². The minimum Gasteiger partial charge on any atom is -0.317 e. The van der Waals surface area contributed by atoms with Gasteiger partial charge in [-0.3, -0.25) is 0 Å². The zero-order valence-electron chi connectivity index (χ0n) is 10.9. The predicted molar refractivity (Wildman–Crippen MR) is 70.8 cm³/mol. The van der Waals surface area contributed by atoms with Crippen molar-refractivity contribution in [1.29, 1.82) is 0 Å². The number of thioether (sulfide) groups is 1. The standard InChI is InChI=1S/C12H16N6S/c1-17-10(14-15-11(17)8-2-3-8)6-19-12-16-13-7-18(12)9-4-5-9/h7-9H,2-6H2,1H3. The van der Waals surface area contributed by atoms with Crippen LogP contribution in [0.2, 0.25) is 0 Å². The predicted octanol–water partition coefficient (Wildman–Crippen LogP) is 1.91. The molecule has 100 valence electrons. The first kappa shape index (κ1) is 11.5. The fourth-order valence-corrected chi connectivity index (χ4v) is 3.23. The van der Waals surface area contributed by atoms with Crippen LogP contribution in [-0.2, 0) is 12.8 Å². The molecule has 4 rings (SSSR count). The molecule has 19 heavy (non-hydrogen) atoms. The van der Waals surface area contributed by atoms with E-state index in [4.69, 9.17) is 0 Å². The van der Waals surface area contributed by atoms with Gasteiger partial charge in [-0.05, 0) is 25.7 Å². The number of rotatable bonds is 5. The Morgan fingerprint density at radius 2 is 2.05 bits per heavy atom. The molecule has 0 atom stereocenters. The molecule has 0 aromatic carbocycles. The van der Waals surface area contributed by atoms with E-state index in [0.717, 1.165) is 22.6 Å². The third-order valence-corrected chi connectivity index (χ3v) is 4.71. The van der Waals surface area contributed by atoms with E-state index < -0.39 is 0 Å². The first-order chi connectivity index (χ1) is 9.33. The van der Waals surface area contributed by atoms with Crippen LogP contribution in [0, 0.1) is 0 Å². The minimum atomic E-state index is 0.624. The Bertz CT molecular complexity index is 595. The van der Waals surface area contributed by atoms with Gasteiger partial charge in [-0.15, -0.1) is 20.4 Å². The lowest BCUT2D eigenvalue weighted by molar-refractivity contribution is 0.662. The summed E-state index contributed by atoms with van der Waals surface area (Å²) in [5, 5.41) is 17.8. The third-order valence-electron chi connectivity index (χ3n) is 3.75. The Labute approximate surface area is 115 Å². The van der Waals surface area contributed by atoms with Crippen molar-refractivity contribution >= 4 is 11.8 Å². The van der Waals surface area contributed by atoms with Crippen LogP contribution >= 0.6 is 11.8 Å². The van der Waals surface area contributed by atoms with Crippen molar-refractivity contribution in [2.75, 3.05) is 0 Å². The summed E-state index contributed by atoms with van der Waals surface area (Å²) in [6, 6.07) is 0.624. The summed E-state index contributed by atoms with van der Waals surface area (Å²) < 4.78 is 4.32. The SMILES string of the molecule is Cn1c(CSc2nncn2C2CC2)nnc1C1CC1. The second-order valence-corrected chi connectivity index (χ2v) is 6.29. The summed E-state index contributed by atoms with van der Waals surface area (Å²) >= 11 is 1.70. The zero-order valence-corrected chi connectivity index (χ0v) is 11.7. The molecule has 0 bridgehead atoms. The van der Waals surface area contributed by atoms with Crippen LogP contribution in [0.5, 0.6) is 0 Å². The van der Waals surface area contributed by atoms with Crippen LogP contribution < -0.4 is 0 Å². The fourth-order valence-electron chi connectivity index (χ4n) is 2.27. The second-order valence-electron chi connectivity index (χ2n) is 5.35. The Kier molecular flexibility index (Phi) is 2.61. The number of aromatic nitrogens is 6. The molecule has 2 aliphatic carbocycles. The number of nitrogens with zero attached hydrogens (tertiary/aromatic N) is 6. The van der Waals surface area contributed by atoms with Gasteiger partial charge >= 0.3 is 0 Å². The molecular weight excluding hydrogens is 260 g/mol. The molecule has 7 heteroatoms. The molecule has 2 aromatic heterocycles. The van der Waals surface area contributed by atoms with Gasteiger partial charge < -0.3 is 9.13 Å². The molecule has 0 saturated heterocycles. The van der Waals surface area contributed by atoms with E-state index in [2.05, 4.69) is 36.6 Å². The summed E-state index contributed by atoms with van der Waals surface area (Å²) in [7, 11) is 2.06. The van der Waals surface area contributed by atoms with Gasteiger partial charge in [0.1, 0.15) is 18.0 Å². The highest BCUT2D eigenvalue weighted by Crippen LogP contribution is 2.40. The van der Waals surface area contributed by atoms with Crippen LogP contribution in [-0.4, -0.2) is 29.5 Å². The molecule has 2 aliphatic rings. The lowest BCUT2D eigenvalue weighted by Gasteiger charge is -2.04. The largest absolute Gasteiger partial charge is 0.317 e. The number of hydrogen-bond donors (Lipinski definition) is 0. The third kappa shape index (κ3) is 2.16. The molecule has 0 radical (unpaired) electrons. The smallest absolute Gasteiger partial charge is 0.191 e. The Morgan fingerprint density at radius 1 is 1.21 bits per heavy atom. The minimum absolute atomic E-state index is 0.624. The van der Waals surface area contributed by atoms with E-state index in [-0.39, 0.29) is 0 Å². The van der Waals surface area contributed by atoms with Crippen molar-refractivity contribution in [2.24, 2.45) is 7.05 Å². The maximum absolute atomic E-state index is 4.30. The molecule has 0 N–H and O–H groups in total. The quantitative estimate of drug-likeness (QED) is 0.781. The Hall–Kier alpha value is -1.37. The highest BCUT2D eigenvalue weighted by Gasteiger charge is 2.29. The van der Waals surface area contributed by atoms with E-state index in [1.54, 1.807) is 11.8 Å². The normalized spacial score (nSPS) is 19.0. The van der Waals surface area contributed by atoms with Crippen LogP contribution in [0.1, 0.15) is 49.3 Å². The lowest BCUT2D eigenvalue weighted by Crippen LogP contribution is -2.01. The number of hydrogen-bond acceptors (Lipinski definition) is 5. The van der Waals surface area contributed by atoms with E-state index >= 15 is 0 Å². The highest BCUT2D eigenvalue weighted by molar-refractivity contribution is 7.98. The summed E-state index contributed by atoms with van der Waals surface area (Å²) in [5.74, 6) is 3.62. The monoisotopic (exact) mass is 276 g/mol. The molecule has 0 spiro atoms. The van der Waals surface area contributed by atoms with Crippen molar-refractivity contribution in [3.05, 3.63) is 18.0 Å². The molecule has 6 nitrogen and oxygen atoms in total. The Morgan fingerprint density at radius 3 is 2.79 bits per heavy atom. The van der Waals surface area contributed by atoms with Crippen LogP contribution in [0.15, 0.2) is 11.5 Å². The van der Waals surface area contributed by atoms with Crippen LogP contribution in [0.3, 0.4) is 0 Å². The van der Waals surface area contributed by atoms with Gasteiger partial charge in [-0.2, -0.15) is 0 Å². The molecule has 2 saturated carbocycles. The van der Waals surface area contributed by atoms with E-state index in [9.17, 15) is 0 Å². The molecule has 2 heterocycles. The molecule has 2 aromatic rings. The van der Waals surface area contributed by atoms with Gasteiger partial charge in [0.05, 0.1) is 5.75 Å². The topological polar surface area (TPSA) is 61.4 Å². The average molecular weight is 276 g/mol. The molecular formula is C12H16N6S. The first-order valence-corrected chi connectivity index (χ1v) is 7.72. The maximum Gasteiger partial charge on any atom is 0.191 e. The van der Waals surface area contributed by atoms with Gasteiger partial charge in [0.15, 0.2) is 5.16 Å². The van der Waals surface area contributed by atoms with Gasteiger partial charge in [-0.1, -0.05) is 11.8 Å². The van der Waals surface area contributed by atoms with Crippen molar-refractivity contribution in [2.45, 2.75) is 48.6 Å². The molecule has 0 aliphatic heterocycles. The van der Waals surface area contributed by atoms with Crippen LogP contribution in [0.4, 0.5) is 0 Å². The van der Waals surface area contributed by atoms with Gasteiger partial charge in [0, 0.05) is 19.0 Å². The Balaban J connectivity index is 1.47.